The van der Waals surface area contributed by atoms with Crippen molar-refractivity contribution in [3.8, 4) is 0 Å². The number of ether oxygens (including phenoxy) is 1. The van der Waals surface area contributed by atoms with E-state index in [1.165, 1.54) is 16.7 Å². The summed E-state index contributed by atoms with van der Waals surface area (Å²) in [5.74, 6) is 0.170. The zero-order chi connectivity index (χ0) is 21.8. The number of rotatable bonds is 5. The number of morpholine rings is 1. The van der Waals surface area contributed by atoms with Crippen molar-refractivity contribution in [2.75, 3.05) is 37.7 Å². The van der Waals surface area contributed by atoms with Crippen molar-refractivity contribution in [2.45, 2.75) is 25.4 Å². The molecule has 1 aromatic heterocycles. The first-order valence-electron chi connectivity index (χ1n) is 11.5. The number of carbonyl (C=O) groups excluding carboxylic acids is 1. The Labute approximate surface area is 189 Å². The molecule has 1 amide bonds. The highest BCUT2D eigenvalue weighted by atomic mass is 16.5. The molecule has 2 aliphatic rings. The Morgan fingerprint density at radius 1 is 0.969 bits per heavy atom. The summed E-state index contributed by atoms with van der Waals surface area (Å²) < 4.78 is 6.01. The van der Waals surface area contributed by atoms with E-state index in [1.807, 2.05) is 23.2 Å². The SMILES string of the molecule is O=C(CN1CCOC(c2ccc(Cc3ccccc3)cn2)C1)N1CCCc2ccccc21. The van der Waals surface area contributed by atoms with Crippen molar-refractivity contribution in [2.24, 2.45) is 0 Å². The first-order valence-corrected chi connectivity index (χ1v) is 11.5. The molecule has 164 valence electrons. The van der Waals surface area contributed by atoms with Crippen LogP contribution in [0.25, 0.3) is 0 Å². The van der Waals surface area contributed by atoms with E-state index >= 15 is 0 Å². The Morgan fingerprint density at radius 3 is 2.66 bits per heavy atom. The summed E-state index contributed by atoms with van der Waals surface area (Å²) in [7, 11) is 0. The van der Waals surface area contributed by atoms with E-state index in [9.17, 15) is 4.79 Å². The van der Waals surface area contributed by atoms with Gasteiger partial charge in [-0.3, -0.25) is 14.7 Å². The number of pyridine rings is 1. The van der Waals surface area contributed by atoms with E-state index in [-0.39, 0.29) is 12.0 Å². The zero-order valence-electron chi connectivity index (χ0n) is 18.3. The third-order valence-electron chi connectivity index (χ3n) is 6.35. The molecule has 0 radical (unpaired) electrons. The van der Waals surface area contributed by atoms with Crippen LogP contribution in [0.5, 0.6) is 0 Å². The van der Waals surface area contributed by atoms with Crippen LogP contribution in [-0.4, -0.2) is 48.6 Å². The number of aromatic nitrogens is 1. The maximum atomic E-state index is 13.1. The quantitative estimate of drug-likeness (QED) is 0.617. The van der Waals surface area contributed by atoms with Crippen LogP contribution >= 0.6 is 0 Å². The molecular weight excluding hydrogens is 398 g/mol. The van der Waals surface area contributed by atoms with Gasteiger partial charge in [-0.15, -0.1) is 0 Å². The number of aryl methyl sites for hydroxylation is 1. The molecule has 2 aliphatic heterocycles. The first-order chi connectivity index (χ1) is 15.8. The molecule has 0 aliphatic carbocycles. The maximum Gasteiger partial charge on any atom is 0.241 e. The highest BCUT2D eigenvalue weighted by molar-refractivity contribution is 5.95. The third kappa shape index (κ3) is 4.74. The van der Waals surface area contributed by atoms with Crippen molar-refractivity contribution < 1.29 is 9.53 Å². The molecule has 0 spiro atoms. The lowest BCUT2D eigenvalue weighted by atomic mass is 10.0. The fourth-order valence-electron chi connectivity index (χ4n) is 4.66. The Balaban J connectivity index is 1.21. The molecule has 0 saturated carbocycles. The molecular formula is C27H29N3O2. The van der Waals surface area contributed by atoms with Gasteiger partial charge in [0, 0.05) is 31.5 Å². The van der Waals surface area contributed by atoms with E-state index in [0.29, 0.717) is 19.7 Å². The molecule has 32 heavy (non-hydrogen) atoms. The minimum absolute atomic E-state index is 0.101. The molecule has 5 nitrogen and oxygen atoms in total. The van der Waals surface area contributed by atoms with Crippen molar-refractivity contribution in [1.82, 2.24) is 9.88 Å². The number of benzene rings is 2. The zero-order valence-corrected chi connectivity index (χ0v) is 18.3. The van der Waals surface area contributed by atoms with Gasteiger partial charge in [0.05, 0.1) is 18.8 Å². The predicted molar refractivity (Wildman–Crippen MR) is 126 cm³/mol. The number of fused-ring (bicyclic) bond motifs is 1. The minimum Gasteiger partial charge on any atom is -0.369 e. The van der Waals surface area contributed by atoms with Crippen molar-refractivity contribution in [3.05, 3.63) is 95.3 Å². The molecule has 1 saturated heterocycles. The number of amides is 1. The molecule has 0 N–H and O–H groups in total. The second-order valence-corrected chi connectivity index (χ2v) is 8.63. The van der Waals surface area contributed by atoms with Crippen LogP contribution in [0.15, 0.2) is 72.9 Å². The van der Waals surface area contributed by atoms with Crippen molar-refractivity contribution in [1.29, 1.82) is 0 Å². The van der Waals surface area contributed by atoms with E-state index < -0.39 is 0 Å². The normalized spacial score (nSPS) is 18.9. The van der Waals surface area contributed by atoms with Crippen LogP contribution in [0.3, 0.4) is 0 Å². The second kappa shape index (κ2) is 9.63. The summed E-state index contributed by atoms with van der Waals surface area (Å²) in [6, 6.07) is 22.9. The summed E-state index contributed by atoms with van der Waals surface area (Å²) in [5.41, 5.74) is 5.74. The fraction of sp³-hybridized carbons (Fsp3) is 0.333. The Kier molecular flexibility index (Phi) is 6.28. The molecule has 1 fully saturated rings. The van der Waals surface area contributed by atoms with Gasteiger partial charge in [-0.2, -0.15) is 0 Å². The lowest BCUT2D eigenvalue weighted by Gasteiger charge is -2.35. The van der Waals surface area contributed by atoms with Gasteiger partial charge < -0.3 is 9.64 Å². The average Bonchev–Trinajstić information content (AvgIpc) is 2.85. The number of anilines is 1. The first kappa shape index (κ1) is 20.9. The Bertz CT molecular complexity index is 1050. The number of hydrogen-bond donors (Lipinski definition) is 0. The number of para-hydroxylation sites is 1. The van der Waals surface area contributed by atoms with Gasteiger partial charge in [-0.25, -0.2) is 0 Å². The Morgan fingerprint density at radius 2 is 1.81 bits per heavy atom. The van der Waals surface area contributed by atoms with Crippen LogP contribution in [0, 0.1) is 0 Å². The predicted octanol–water partition coefficient (Wildman–Crippen LogP) is 4.03. The van der Waals surface area contributed by atoms with Crippen LogP contribution in [0.2, 0.25) is 0 Å². The number of nitrogens with zero attached hydrogens (tertiary/aromatic N) is 3. The van der Waals surface area contributed by atoms with Crippen molar-refractivity contribution >= 4 is 11.6 Å². The summed E-state index contributed by atoms with van der Waals surface area (Å²) in [6.07, 6.45) is 4.79. The molecule has 3 aromatic rings. The summed E-state index contributed by atoms with van der Waals surface area (Å²) in [6.45, 7) is 3.28. The minimum atomic E-state index is -0.101. The van der Waals surface area contributed by atoms with Gasteiger partial charge in [0.15, 0.2) is 0 Å². The van der Waals surface area contributed by atoms with Gasteiger partial charge >= 0.3 is 0 Å². The number of hydrogen-bond acceptors (Lipinski definition) is 4. The van der Waals surface area contributed by atoms with Crippen LogP contribution in [-0.2, 0) is 22.4 Å². The standard InChI is InChI=1S/C27H29N3O2/c31-27(30-14-6-10-23-9-4-5-11-25(23)30)20-29-15-16-32-26(19-29)24-13-12-22(18-28-24)17-21-7-2-1-3-8-21/h1-5,7-9,11-13,18,26H,6,10,14-17,19-20H2. The lowest BCUT2D eigenvalue weighted by Crippen LogP contribution is -2.47. The molecule has 5 rings (SSSR count). The van der Waals surface area contributed by atoms with Gasteiger partial charge in [-0.05, 0) is 48.1 Å². The number of carbonyl (C=O) groups is 1. The maximum absolute atomic E-state index is 13.1. The molecule has 3 heterocycles. The smallest absolute Gasteiger partial charge is 0.241 e. The van der Waals surface area contributed by atoms with E-state index in [0.717, 1.165) is 43.7 Å². The molecule has 1 atom stereocenters. The summed E-state index contributed by atoms with van der Waals surface area (Å²) in [5, 5.41) is 0. The highest BCUT2D eigenvalue weighted by Gasteiger charge is 2.28. The lowest BCUT2D eigenvalue weighted by molar-refractivity contribution is -0.122. The van der Waals surface area contributed by atoms with Gasteiger partial charge in [0.2, 0.25) is 5.91 Å². The van der Waals surface area contributed by atoms with Crippen LogP contribution in [0.1, 0.15) is 34.9 Å². The largest absolute Gasteiger partial charge is 0.369 e. The second-order valence-electron chi connectivity index (χ2n) is 8.63. The molecule has 5 heteroatoms. The highest BCUT2D eigenvalue weighted by Crippen LogP contribution is 2.27. The van der Waals surface area contributed by atoms with Gasteiger partial charge in [0.25, 0.3) is 0 Å². The fourth-order valence-corrected chi connectivity index (χ4v) is 4.66. The van der Waals surface area contributed by atoms with Gasteiger partial charge in [0.1, 0.15) is 6.10 Å². The molecule has 1 unspecified atom stereocenters. The topological polar surface area (TPSA) is 45.7 Å². The molecule has 2 aromatic carbocycles. The van der Waals surface area contributed by atoms with E-state index in [2.05, 4.69) is 64.5 Å². The van der Waals surface area contributed by atoms with Gasteiger partial charge in [-0.1, -0.05) is 54.6 Å². The third-order valence-corrected chi connectivity index (χ3v) is 6.35. The molecule has 0 bridgehead atoms. The summed E-state index contributed by atoms with van der Waals surface area (Å²) in [4.78, 5) is 22.0. The monoisotopic (exact) mass is 427 g/mol. The average molecular weight is 428 g/mol. The van der Waals surface area contributed by atoms with Crippen LogP contribution < -0.4 is 4.90 Å². The van der Waals surface area contributed by atoms with Crippen molar-refractivity contribution in [3.63, 3.8) is 0 Å². The Hall–Kier alpha value is -3.02. The van der Waals surface area contributed by atoms with E-state index in [4.69, 9.17) is 4.74 Å². The summed E-state index contributed by atoms with van der Waals surface area (Å²) >= 11 is 0. The van der Waals surface area contributed by atoms with E-state index in [1.54, 1.807) is 0 Å². The van der Waals surface area contributed by atoms with Crippen LogP contribution in [0.4, 0.5) is 5.69 Å².